The lowest BCUT2D eigenvalue weighted by Crippen LogP contribution is -2.30. The van der Waals surface area contributed by atoms with Gasteiger partial charge in [0.2, 0.25) is 0 Å². The van der Waals surface area contributed by atoms with Crippen molar-refractivity contribution in [2.75, 3.05) is 5.32 Å². The zero-order valence-electron chi connectivity index (χ0n) is 16.5. The highest BCUT2D eigenvalue weighted by Gasteiger charge is 2.22. The zero-order chi connectivity index (χ0) is 21.8. The van der Waals surface area contributed by atoms with Crippen LogP contribution in [-0.2, 0) is 9.53 Å². The van der Waals surface area contributed by atoms with Crippen LogP contribution in [0, 0.1) is 11.3 Å². The predicted octanol–water partition coefficient (Wildman–Crippen LogP) is 4.55. The summed E-state index contributed by atoms with van der Waals surface area (Å²) in [7, 11) is 0. The maximum atomic E-state index is 13.0. The molecule has 4 aromatic rings. The fourth-order valence-corrected chi connectivity index (χ4v) is 3.10. The highest BCUT2D eigenvalue weighted by Crippen LogP contribution is 2.26. The topological polar surface area (TPSA) is 105 Å². The van der Waals surface area contributed by atoms with Gasteiger partial charge in [-0.2, -0.15) is 5.26 Å². The van der Waals surface area contributed by atoms with Gasteiger partial charge in [-0.1, -0.05) is 30.3 Å². The fraction of sp³-hybridized carbons (Fsp3) is 0.0833. The van der Waals surface area contributed by atoms with E-state index in [1.54, 1.807) is 60.7 Å². The summed E-state index contributed by atoms with van der Waals surface area (Å²) in [6, 6.07) is 20.8. The minimum absolute atomic E-state index is 0.272. The molecule has 2 heterocycles. The van der Waals surface area contributed by atoms with E-state index >= 15 is 0 Å². The zero-order valence-corrected chi connectivity index (χ0v) is 16.5. The standard InChI is InChI=1S/C24H17N3O4/c1-15(23(28)27-19-9-4-2-7-16(19)14-25)31-24(29)18-13-21(22-11-6-12-30-22)26-20-10-5-3-8-17(18)20/h2-13,15H,1H3,(H,27,28)/t15-/m1/s1. The van der Waals surface area contributed by atoms with Gasteiger partial charge in [0.1, 0.15) is 11.8 Å². The Morgan fingerprint density at radius 3 is 2.65 bits per heavy atom. The number of ether oxygens (including phenoxy) is 1. The lowest BCUT2D eigenvalue weighted by atomic mass is 10.1. The van der Waals surface area contributed by atoms with E-state index < -0.39 is 18.0 Å². The van der Waals surface area contributed by atoms with E-state index in [2.05, 4.69) is 10.3 Å². The van der Waals surface area contributed by atoms with Crippen LogP contribution in [0.25, 0.3) is 22.4 Å². The quantitative estimate of drug-likeness (QED) is 0.483. The molecule has 0 radical (unpaired) electrons. The molecule has 0 aliphatic heterocycles. The van der Waals surface area contributed by atoms with Crippen molar-refractivity contribution in [1.29, 1.82) is 5.26 Å². The molecule has 2 aromatic carbocycles. The molecule has 1 amide bonds. The van der Waals surface area contributed by atoms with E-state index in [0.29, 0.717) is 33.6 Å². The maximum Gasteiger partial charge on any atom is 0.339 e. The van der Waals surface area contributed by atoms with Crippen molar-refractivity contribution in [3.05, 3.63) is 84.1 Å². The fourth-order valence-electron chi connectivity index (χ4n) is 3.10. The van der Waals surface area contributed by atoms with Crippen LogP contribution < -0.4 is 5.32 Å². The number of aromatic nitrogens is 1. The molecule has 7 heteroatoms. The number of furan rings is 1. The van der Waals surface area contributed by atoms with Crippen LogP contribution in [0.2, 0.25) is 0 Å². The number of fused-ring (bicyclic) bond motifs is 1. The minimum Gasteiger partial charge on any atom is -0.463 e. The molecule has 7 nitrogen and oxygen atoms in total. The van der Waals surface area contributed by atoms with Gasteiger partial charge in [-0.25, -0.2) is 9.78 Å². The summed E-state index contributed by atoms with van der Waals surface area (Å²) in [6.07, 6.45) is 0.439. The molecule has 0 unspecified atom stereocenters. The average molecular weight is 411 g/mol. The number of rotatable bonds is 5. The molecular weight excluding hydrogens is 394 g/mol. The monoisotopic (exact) mass is 411 g/mol. The summed E-state index contributed by atoms with van der Waals surface area (Å²) >= 11 is 0. The Kier molecular flexibility index (Phi) is 5.45. The second kappa shape index (κ2) is 8.51. The number of benzene rings is 2. The van der Waals surface area contributed by atoms with E-state index in [0.717, 1.165) is 0 Å². The summed E-state index contributed by atoms with van der Waals surface area (Å²) in [5.41, 5.74) is 2.03. The number of carbonyl (C=O) groups is 2. The number of nitriles is 1. The lowest BCUT2D eigenvalue weighted by Gasteiger charge is -2.15. The summed E-state index contributed by atoms with van der Waals surface area (Å²) in [6.45, 7) is 1.47. The molecule has 0 spiro atoms. The first-order valence-corrected chi connectivity index (χ1v) is 9.51. The van der Waals surface area contributed by atoms with Crippen molar-refractivity contribution in [2.24, 2.45) is 0 Å². The highest BCUT2D eigenvalue weighted by molar-refractivity contribution is 6.06. The minimum atomic E-state index is -1.08. The van der Waals surface area contributed by atoms with E-state index in [-0.39, 0.29) is 5.56 Å². The molecule has 0 aliphatic carbocycles. The first-order chi connectivity index (χ1) is 15.1. The van der Waals surface area contributed by atoms with Gasteiger partial charge in [-0.3, -0.25) is 4.79 Å². The van der Waals surface area contributed by atoms with Crippen molar-refractivity contribution in [3.8, 4) is 17.5 Å². The molecule has 0 bridgehead atoms. The molecule has 31 heavy (non-hydrogen) atoms. The molecule has 0 saturated carbocycles. The van der Waals surface area contributed by atoms with Gasteiger partial charge in [0.15, 0.2) is 11.9 Å². The van der Waals surface area contributed by atoms with Crippen molar-refractivity contribution in [2.45, 2.75) is 13.0 Å². The van der Waals surface area contributed by atoms with Crippen LogP contribution in [0.5, 0.6) is 0 Å². The number of carbonyl (C=O) groups excluding carboxylic acids is 2. The number of anilines is 1. The molecular formula is C24H17N3O4. The van der Waals surface area contributed by atoms with Crippen LogP contribution in [-0.4, -0.2) is 23.0 Å². The normalized spacial score (nSPS) is 11.5. The Hall–Kier alpha value is -4.44. The molecule has 0 fully saturated rings. The van der Waals surface area contributed by atoms with E-state index in [1.807, 2.05) is 12.1 Å². The van der Waals surface area contributed by atoms with E-state index in [1.165, 1.54) is 13.2 Å². The lowest BCUT2D eigenvalue weighted by molar-refractivity contribution is -0.123. The van der Waals surface area contributed by atoms with Crippen LogP contribution in [0.15, 0.2) is 77.4 Å². The largest absolute Gasteiger partial charge is 0.463 e. The Morgan fingerprint density at radius 1 is 1.10 bits per heavy atom. The Labute approximate surface area is 177 Å². The molecule has 2 aromatic heterocycles. The van der Waals surface area contributed by atoms with Crippen molar-refractivity contribution in [3.63, 3.8) is 0 Å². The molecule has 1 N–H and O–H groups in total. The SMILES string of the molecule is C[C@@H](OC(=O)c1cc(-c2ccco2)nc2ccccc12)C(=O)Nc1ccccc1C#N. The molecule has 0 saturated heterocycles. The number of nitrogens with zero attached hydrogens (tertiary/aromatic N) is 2. The van der Waals surface area contributed by atoms with E-state index in [4.69, 9.17) is 14.4 Å². The number of hydrogen-bond donors (Lipinski definition) is 1. The number of esters is 1. The smallest absolute Gasteiger partial charge is 0.339 e. The number of hydrogen-bond acceptors (Lipinski definition) is 6. The Morgan fingerprint density at radius 2 is 1.87 bits per heavy atom. The van der Waals surface area contributed by atoms with Crippen LogP contribution in [0.4, 0.5) is 5.69 Å². The van der Waals surface area contributed by atoms with Gasteiger partial charge in [-0.05, 0) is 43.3 Å². The predicted molar refractivity (Wildman–Crippen MR) is 114 cm³/mol. The van der Waals surface area contributed by atoms with Crippen molar-refractivity contribution in [1.82, 2.24) is 4.98 Å². The third-order valence-electron chi connectivity index (χ3n) is 4.67. The van der Waals surface area contributed by atoms with Crippen molar-refractivity contribution < 1.29 is 18.7 Å². The van der Waals surface area contributed by atoms with E-state index in [9.17, 15) is 9.59 Å². The van der Waals surface area contributed by atoms with Gasteiger partial charge in [0, 0.05) is 5.39 Å². The van der Waals surface area contributed by atoms with Crippen molar-refractivity contribution >= 4 is 28.5 Å². The van der Waals surface area contributed by atoms with Crippen LogP contribution in [0.3, 0.4) is 0 Å². The number of nitrogens with one attached hydrogen (secondary N) is 1. The van der Waals surface area contributed by atoms with Gasteiger partial charge in [0.05, 0.1) is 28.6 Å². The number of pyridine rings is 1. The summed E-state index contributed by atoms with van der Waals surface area (Å²) < 4.78 is 10.8. The van der Waals surface area contributed by atoms with Gasteiger partial charge in [0.25, 0.3) is 5.91 Å². The average Bonchev–Trinajstić information content (AvgIpc) is 3.33. The third-order valence-corrected chi connectivity index (χ3v) is 4.67. The third kappa shape index (κ3) is 4.14. The Bertz CT molecular complexity index is 1310. The summed E-state index contributed by atoms with van der Waals surface area (Å²) in [5.74, 6) is -0.693. The first-order valence-electron chi connectivity index (χ1n) is 9.51. The van der Waals surface area contributed by atoms with Gasteiger partial charge in [-0.15, -0.1) is 0 Å². The van der Waals surface area contributed by atoms with Gasteiger partial charge >= 0.3 is 5.97 Å². The molecule has 152 valence electrons. The maximum absolute atomic E-state index is 13.0. The Balaban J connectivity index is 1.59. The molecule has 0 aliphatic rings. The second-order valence-electron chi connectivity index (χ2n) is 6.74. The summed E-state index contributed by atoms with van der Waals surface area (Å²) in [5, 5.41) is 12.4. The number of amides is 1. The second-order valence-corrected chi connectivity index (χ2v) is 6.74. The number of para-hydroxylation sites is 2. The highest BCUT2D eigenvalue weighted by atomic mass is 16.5. The molecule has 4 rings (SSSR count). The van der Waals surface area contributed by atoms with Crippen LogP contribution in [0.1, 0.15) is 22.8 Å². The van der Waals surface area contributed by atoms with Gasteiger partial charge < -0.3 is 14.5 Å². The first kappa shape index (κ1) is 19.9. The molecule has 1 atom stereocenters. The summed E-state index contributed by atoms with van der Waals surface area (Å²) in [4.78, 5) is 30.0. The van der Waals surface area contributed by atoms with Crippen LogP contribution >= 0.6 is 0 Å².